The molecule has 3 amide bonds. The highest BCUT2D eigenvalue weighted by Gasteiger charge is 2.23. The number of rotatable bonds is 7. The number of anilines is 2. The van der Waals surface area contributed by atoms with Gasteiger partial charge in [-0.05, 0) is 61.2 Å². The zero-order valence-electron chi connectivity index (χ0n) is 14.7. The molecule has 1 aliphatic carbocycles. The van der Waals surface area contributed by atoms with Gasteiger partial charge >= 0.3 is 6.03 Å². The molecule has 6 heteroatoms. The van der Waals surface area contributed by atoms with Gasteiger partial charge in [0, 0.05) is 23.8 Å². The maximum absolute atomic E-state index is 12.1. The lowest BCUT2D eigenvalue weighted by Crippen LogP contribution is -2.30. The van der Waals surface area contributed by atoms with Crippen molar-refractivity contribution in [2.45, 2.75) is 31.7 Å². The van der Waals surface area contributed by atoms with Crippen LogP contribution in [0.3, 0.4) is 0 Å². The molecule has 0 aromatic heterocycles. The summed E-state index contributed by atoms with van der Waals surface area (Å²) in [5, 5.41) is 8.50. The van der Waals surface area contributed by atoms with Crippen LogP contribution in [0.25, 0.3) is 0 Å². The lowest BCUT2D eigenvalue weighted by atomic mass is 10.1. The fourth-order valence-electron chi connectivity index (χ4n) is 2.53. The largest absolute Gasteiger partial charge is 0.497 e. The molecule has 0 heterocycles. The maximum atomic E-state index is 12.1. The van der Waals surface area contributed by atoms with E-state index in [2.05, 4.69) is 16.0 Å². The van der Waals surface area contributed by atoms with Gasteiger partial charge in [0.2, 0.25) is 5.91 Å². The van der Waals surface area contributed by atoms with Crippen molar-refractivity contribution in [1.82, 2.24) is 5.32 Å². The Balaban J connectivity index is 1.45. The van der Waals surface area contributed by atoms with E-state index in [1.165, 1.54) is 0 Å². The first-order valence-corrected chi connectivity index (χ1v) is 8.73. The SMILES string of the molecule is COc1cccc(CCC(=O)Nc2ccc(NC(=O)NC3CC3)cc2)c1. The van der Waals surface area contributed by atoms with Gasteiger partial charge in [-0.15, -0.1) is 0 Å². The minimum absolute atomic E-state index is 0.0556. The van der Waals surface area contributed by atoms with Crippen LogP contribution < -0.4 is 20.7 Å². The molecule has 136 valence electrons. The molecule has 2 aromatic carbocycles. The van der Waals surface area contributed by atoms with E-state index in [-0.39, 0.29) is 11.9 Å². The molecular weight excluding hydrogens is 330 g/mol. The molecule has 3 N–H and O–H groups in total. The molecule has 1 fully saturated rings. The zero-order valence-corrected chi connectivity index (χ0v) is 14.7. The number of urea groups is 1. The van der Waals surface area contributed by atoms with Crippen molar-refractivity contribution in [2.24, 2.45) is 0 Å². The summed E-state index contributed by atoms with van der Waals surface area (Å²) in [5.74, 6) is 0.733. The Morgan fingerprint density at radius 1 is 1.04 bits per heavy atom. The fourth-order valence-corrected chi connectivity index (χ4v) is 2.53. The van der Waals surface area contributed by atoms with Gasteiger partial charge in [-0.3, -0.25) is 4.79 Å². The van der Waals surface area contributed by atoms with E-state index in [1.54, 1.807) is 31.4 Å². The van der Waals surface area contributed by atoms with E-state index in [0.29, 0.717) is 30.3 Å². The second kappa shape index (κ2) is 8.38. The van der Waals surface area contributed by atoms with Gasteiger partial charge in [0.1, 0.15) is 5.75 Å². The summed E-state index contributed by atoms with van der Waals surface area (Å²) in [5.41, 5.74) is 2.45. The second-order valence-electron chi connectivity index (χ2n) is 6.35. The van der Waals surface area contributed by atoms with Gasteiger partial charge < -0.3 is 20.7 Å². The minimum Gasteiger partial charge on any atom is -0.497 e. The summed E-state index contributed by atoms with van der Waals surface area (Å²) < 4.78 is 5.19. The Bertz CT molecular complexity index is 770. The number of benzene rings is 2. The Kier molecular flexibility index (Phi) is 5.73. The van der Waals surface area contributed by atoms with E-state index in [4.69, 9.17) is 4.74 Å². The molecule has 0 bridgehead atoms. The molecule has 0 unspecified atom stereocenters. The van der Waals surface area contributed by atoms with Crippen LogP contribution in [0.5, 0.6) is 5.75 Å². The molecule has 0 radical (unpaired) electrons. The normalized spacial score (nSPS) is 13.0. The van der Waals surface area contributed by atoms with Gasteiger partial charge in [-0.25, -0.2) is 4.79 Å². The van der Waals surface area contributed by atoms with Crippen molar-refractivity contribution < 1.29 is 14.3 Å². The number of aryl methyl sites for hydroxylation is 1. The number of carbonyl (C=O) groups excluding carboxylic acids is 2. The van der Waals surface area contributed by atoms with Crippen LogP contribution in [0.2, 0.25) is 0 Å². The molecule has 3 rings (SSSR count). The molecule has 0 spiro atoms. The summed E-state index contributed by atoms with van der Waals surface area (Å²) >= 11 is 0. The van der Waals surface area contributed by atoms with E-state index < -0.39 is 0 Å². The van der Waals surface area contributed by atoms with Crippen molar-refractivity contribution in [3.05, 3.63) is 54.1 Å². The first kappa shape index (κ1) is 17.8. The number of hydrogen-bond donors (Lipinski definition) is 3. The average molecular weight is 353 g/mol. The van der Waals surface area contributed by atoms with E-state index in [1.807, 2.05) is 24.3 Å². The Morgan fingerprint density at radius 3 is 2.38 bits per heavy atom. The topological polar surface area (TPSA) is 79.5 Å². The molecule has 26 heavy (non-hydrogen) atoms. The number of amides is 3. The molecule has 1 saturated carbocycles. The van der Waals surface area contributed by atoms with Crippen LogP contribution in [0.15, 0.2) is 48.5 Å². The Morgan fingerprint density at radius 2 is 1.73 bits per heavy atom. The van der Waals surface area contributed by atoms with Crippen LogP contribution in [0, 0.1) is 0 Å². The van der Waals surface area contributed by atoms with Crippen molar-refractivity contribution in [3.8, 4) is 5.75 Å². The van der Waals surface area contributed by atoms with Crippen molar-refractivity contribution >= 4 is 23.3 Å². The molecule has 2 aromatic rings. The van der Waals surface area contributed by atoms with Gasteiger partial charge in [0.25, 0.3) is 0 Å². The number of ether oxygens (including phenoxy) is 1. The highest BCUT2D eigenvalue weighted by Crippen LogP contribution is 2.19. The summed E-state index contributed by atoms with van der Waals surface area (Å²) in [7, 11) is 1.62. The molecule has 6 nitrogen and oxygen atoms in total. The summed E-state index contributed by atoms with van der Waals surface area (Å²) in [4.78, 5) is 23.8. The van der Waals surface area contributed by atoms with Crippen LogP contribution in [0.1, 0.15) is 24.8 Å². The smallest absolute Gasteiger partial charge is 0.319 e. The molecule has 1 aliphatic rings. The number of hydrogen-bond acceptors (Lipinski definition) is 3. The highest BCUT2D eigenvalue weighted by atomic mass is 16.5. The van der Waals surface area contributed by atoms with E-state index in [9.17, 15) is 9.59 Å². The molecule has 0 aliphatic heterocycles. The average Bonchev–Trinajstić information content (AvgIpc) is 3.45. The number of nitrogens with one attached hydrogen (secondary N) is 3. The standard InChI is InChI=1S/C20H23N3O3/c1-26-18-4-2-3-14(13-18)5-12-19(24)21-15-6-8-16(9-7-15)22-20(25)23-17-10-11-17/h2-4,6-9,13,17H,5,10-12H2,1H3,(H,21,24)(H2,22,23,25). The van der Waals surface area contributed by atoms with Crippen LogP contribution in [0.4, 0.5) is 16.2 Å². The molecular formula is C20H23N3O3. The third kappa shape index (κ3) is 5.51. The van der Waals surface area contributed by atoms with E-state index >= 15 is 0 Å². The van der Waals surface area contributed by atoms with Crippen molar-refractivity contribution in [1.29, 1.82) is 0 Å². The monoisotopic (exact) mass is 353 g/mol. The summed E-state index contributed by atoms with van der Waals surface area (Å²) in [6.07, 6.45) is 3.13. The first-order valence-electron chi connectivity index (χ1n) is 8.73. The number of carbonyl (C=O) groups is 2. The molecule has 0 saturated heterocycles. The lowest BCUT2D eigenvalue weighted by Gasteiger charge is -2.09. The third-order valence-electron chi connectivity index (χ3n) is 4.11. The first-order chi connectivity index (χ1) is 12.6. The summed E-state index contributed by atoms with van der Waals surface area (Å²) in [6.45, 7) is 0. The third-order valence-corrected chi connectivity index (χ3v) is 4.11. The van der Waals surface area contributed by atoms with Crippen LogP contribution in [-0.4, -0.2) is 25.1 Å². The lowest BCUT2D eigenvalue weighted by molar-refractivity contribution is -0.116. The Labute approximate surface area is 152 Å². The minimum atomic E-state index is -0.192. The summed E-state index contributed by atoms with van der Waals surface area (Å²) in [6, 6.07) is 14.9. The van der Waals surface area contributed by atoms with Gasteiger partial charge in [0.15, 0.2) is 0 Å². The number of methoxy groups -OCH3 is 1. The van der Waals surface area contributed by atoms with Crippen molar-refractivity contribution in [3.63, 3.8) is 0 Å². The maximum Gasteiger partial charge on any atom is 0.319 e. The predicted octanol–water partition coefficient (Wildman–Crippen LogP) is 3.55. The van der Waals surface area contributed by atoms with Gasteiger partial charge in [-0.2, -0.15) is 0 Å². The van der Waals surface area contributed by atoms with Gasteiger partial charge in [0.05, 0.1) is 7.11 Å². The van der Waals surface area contributed by atoms with Crippen molar-refractivity contribution in [2.75, 3.05) is 17.7 Å². The zero-order chi connectivity index (χ0) is 18.4. The Hall–Kier alpha value is -3.02. The quantitative estimate of drug-likeness (QED) is 0.712. The van der Waals surface area contributed by atoms with Crippen LogP contribution in [-0.2, 0) is 11.2 Å². The fraction of sp³-hybridized carbons (Fsp3) is 0.300. The second-order valence-corrected chi connectivity index (χ2v) is 6.35. The molecule has 0 atom stereocenters. The van der Waals surface area contributed by atoms with E-state index in [0.717, 1.165) is 24.2 Å². The van der Waals surface area contributed by atoms with Gasteiger partial charge in [-0.1, -0.05) is 12.1 Å². The predicted molar refractivity (Wildman–Crippen MR) is 102 cm³/mol. The van der Waals surface area contributed by atoms with Crippen LogP contribution >= 0.6 is 0 Å². The highest BCUT2D eigenvalue weighted by molar-refractivity contribution is 5.92.